The molecule has 2 rings (SSSR count). The van der Waals surface area contributed by atoms with Crippen LogP contribution in [0.5, 0.6) is 0 Å². The van der Waals surface area contributed by atoms with Crippen molar-refractivity contribution in [2.24, 2.45) is 5.92 Å². The normalized spacial score (nSPS) is 38.9. The summed E-state index contributed by atoms with van der Waals surface area (Å²) in [5.41, 5.74) is 0. The zero-order valence-electron chi connectivity index (χ0n) is 6.34. The van der Waals surface area contributed by atoms with Crippen LogP contribution in [0.2, 0.25) is 0 Å². The Morgan fingerprint density at radius 3 is 3.10 bits per heavy atom. The van der Waals surface area contributed by atoms with Crippen LogP contribution in [0.3, 0.4) is 0 Å². The third-order valence-electron chi connectivity index (χ3n) is 2.71. The fourth-order valence-electron chi connectivity index (χ4n) is 2.16. The van der Waals surface area contributed by atoms with Crippen LogP contribution in [0.4, 0.5) is 0 Å². The molecule has 0 saturated carbocycles. The quantitative estimate of drug-likeness (QED) is 0.490. The van der Waals surface area contributed by atoms with Gasteiger partial charge in [-0.15, -0.1) is 0 Å². The minimum Gasteiger partial charge on any atom is -0.339 e. The summed E-state index contributed by atoms with van der Waals surface area (Å²) >= 11 is 0. The molecular formula is C8H13NO. The number of carbonyl (C=O) groups is 1. The lowest BCUT2D eigenvalue weighted by Crippen LogP contribution is -2.27. The van der Waals surface area contributed by atoms with E-state index in [-0.39, 0.29) is 0 Å². The SMILES string of the molecule is C[C@H]1C[C@H]2CCCN2C1=O. The van der Waals surface area contributed by atoms with E-state index in [0.717, 1.165) is 13.0 Å². The fraction of sp³-hybridized carbons (Fsp3) is 0.875. The van der Waals surface area contributed by atoms with Crippen molar-refractivity contribution >= 4 is 5.91 Å². The molecule has 56 valence electrons. The summed E-state index contributed by atoms with van der Waals surface area (Å²) in [6.07, 6.45) is 3.58. The summed E-state index contributed by atoms with van der Waals surface area (Å²) in [7, 11) is 0. The van der Waals surface area contributed by atoms with E-state index >= 15 is 0 Å². The molecule has 2 aliphatic heterocycles. The van der Waals surface area contributed by atoms with Crippen molar-refractivity contribution in [2.75, 3.05) is 6.54 Å². The highest BCUT2D eigenvalue weighted by Crippen LogP contribution is 2.31. The molecule has 2 fully saturated rings. The van der Waals surface area contributed by atoms with E-state index in [1.807, 2.05) is 6.92 Å². The first-order chi connectivity index (χ1) is 4.79. The number of nitrogens with zero attached hydrogens (tertiary/aromatic N) is 1. The van der Waals surface area contributed by atoms with Crippen LogP contribution in [-0.4, -0.2) is 23.4 Å². The van der Waals surface area contributed by atoms with E-state index in [2.05, 4.69) is 4.90 Å². The molecule has 0 N–H and O–H groups in total. The number of amides is 1. The molecule has 0 bridgehead atoms. The first-order valence-corrected chi connectivity index (χ1v) is 4.09. The van der Waals surface area contributed by atoms with Crippen LogP contribution >= 0.6 is 0 Å². The van der Waals surface area contributed by atoms with E-state index in [1.54, 1.807) is 0 Å². The molecule has 2 saturated heterocycles. The predicted octanol–water partition coefficient (Wildman–Crippen LogP) is 1.02. The fourth-order valence-corrected chi connectivity index (χ4v) is 2.16. The second-order valence-corrected chi connectivity index (χ2v) is 3.46. The molecule has 2 heterocycles. The zero-order valence-corrected chi connectivity index (χ0v) is 6.34. The maximum atomic E-state index is 11.3. The summed E-state index contributed by atoms with van der Waals surface area (Å²) in [5.74, 6) is 0.702. The third-order valence-corrected chi connectivity index (χ3v) is 2.71. The Hall–Kier alpha value is -0.530. The summed E-state index contributed by atoms with van der Waals surface area (Å²) < 4.78 is 0. The largest absolute Gasteiger partial charge is 0.339 e. The third kappa shape index (κ3) is 0.678. The maximum Gasteiger partial charge on any atom is 0.225 e. The van der Waals surface area contributed by atoms with Crippen molar-refractivity contribution in [1.29, 1.82) is 0 Å². The van der Waals surface area contributed by atoms with Crippen molar-refractivity contribution in [3.8, 4) is 0 Å². The minimum absolute atomic E-state index is 0.310. The molecule has 0 aliphatic carbocycles. The smallest absolute Gasteiger partial charge is 0.225 e. The van der Waals surface area contributed by atoms with Crippen molar-refractivity contribution in [2.45, 2.75) is 32.2 Å². The second kappa shape index (κ2) is 1.97. The first kappa shape index (κ1) is 6.20. The molecule has 2 aliphatic rings. The van der Waals surface area contributed by atoms with E-state index in [4.69, 9.17) is 0 Å². The number of carbonyl (C=O) groups excluding carboxylic acids is 1. The Morgan fingerprint density at radius 1 is 1.60 bits per heavy atom. The monoisotopic (exact) mass is 139 g/mol. The Labute approximate surface area is 61.2 Å². The van der Waals surface area contributed by atoms with E-state index in [1.165, 1.54) is 12.8 Å². The standard InChI is InChI=1S/C8H13NO/c1-6-5-7-3-2-4-9(7)8(6)10/h6-7H,2-5H2,1H3/t6-,7+/m0/s1. The van der Waals surface area contributed by atoms with Gasteiger partial charge in [0.25, 0.3) is 0 Å². The van der Waals surface area contributed by atoms with Gasteiger partial charge in [0.1, 0.15) is 0 Å². The van der Waals surface area contributed by atoms with Gasteiger partial charge in [-0.2, -0.15) is 0 Å². The summed E-state index contributed by atoms with van der Waals surface area (Å²) in [5, 5.41) is 0. The first-order valence-electron chi connectivity index (χ1n) is 4.09. The highest BCUT2D eigenvalue weighted by Gasteiger charge is 2.39. The topological polar surface area (TPSA) is 20.3 Å². The summed E-state index contributed by atoms with van der Waals surface area (Å²) in [6.45, 7) is 3.06. The van der Waals surface area contributed by atoms with Crippen molar-refractivity contribution in [1.82, 2.24) is 4.90 Å². The van der Waals surface area contributed by atoms with Crippen LogP contribution in [0.15, 0.2) is 0 Å². The lowest BCUT2D eigenvalue weighted by atomic mass is 10.1. The van der Waals surface area contributed by atoms with E-state index in [0.29, 0.717) is 17.9 Å². The van der Waals surface area contributed by atoms with Gasteiger partial charge in [-0.1, -0.05) is 6.92 Å². The Bertz CT molecular complexity index is 167. The van der Waals surface area contributed by atoms with E-state index < -0.39 is 0 Å². The highest BCUT2D eigenvalue weighted by atomic mass is 16.2. The van der Waals surface area contributed by atoms with E-state index in [9.17, 15) is 4.79 Å². The summed E-state index contributed by atoms with van der Waals surface area (Å²) in [4.78, 5) is 13.4. The van der Waals surface area contributed by atoms with Crippen LogP contribution in [0.1, 0.15) is 26.2 Å². The van der Waals surface area contributed by atoms with Crippen LogP contribution < -0.4 is 0 Å². The number of hydrogen-bond acceptors (Lipinski definition) is 1. The summed E-state index contributed by atoms with van der Waals surface area (Å²) in [6, 6.07) is 0.613. The van der Waals surface area contributed by atoms with Crippen LogP contribution in [0, 0.1) is 5.92 Å². The molecule has 0 radical (unpaired) electrons. The molecule has 2 atom stereocenters. The van der Waals surface area contributed by atoms with Gasteiger partial charge < -0.3 is 4.90 Å². The van der Waals surface area contributed by atoms with Gasteiger partial charge in [-0.3, -0.25) is 4.79 Å². The molecule has 0 spiro atoms. The average molecular weight is 139 g/mol. The molecule has 2 heteroatoms. The van der Waals surface area contributed by atoms with Gasteiger partial charge in [-0.05, 0) is 19.3 Å². The lowest BCUT2D eigenvalue weighted by molar-refractivity contribution is -0.130. The van der Waals surface area contributed by atoms with Gasteiger partial charge in [0, 0.05) is 18.5 Å². The molecule has 0 unspecified atom stereocenters. The molecule has 0 aromatic carbocycles. The molecular weight excluding hydrogens is 126 g/mol. The zero-order chi connectivity index (χ0) is 7.14. The molecule has 10 heavy (non-hydrogen) atoms. The van der Waals surface area contributed by atoms with Gasteiger partial charge in [0.05, 0.1) is 0 Å². The van der Waals surface area contributed by atoms with Gasteiger partial charge in [0.2, 0.25) is 5.91 Å². The number of hydrogen-bond donors (Lipinski definition) is 0. The van der Waals surface area contributed by atoms with Crippen molar-refractivity contribution in [3.05, 3.63) is 0 Å². The average Bonchev–Trinajstić information content (AvgIpc) is 2.41. The van der Waals surface area contributed by atoms with Gasteiger partial charge in [0.15, 0.2) is 0 Å². The number of fused-ring (bicyclic) bond motifs is 1. The predicted molar refractivity (Wildman–Crippen MR) is 38.5 cm³/mol. The van der Waals surface area contributed by atoms with Gasteiger partial charge >= 0.3 is 0 Å². The second-order valence-electron chi connectivity index (χ2n) is 3.46. The molecule has 2 nitrogen and oxygen atoms in total. The lowest BCUT2D eigenvalue weighted by Gasteiger charge is -2.13. The highest BCUT2D eigenvalue weighted by molar-refractivity contribution is 5.81. The Morgan fingerprint density at radius 2 is 2.40 bits per heavy atom. The van der Waals surface area contributed by atoms with Crippen molar-refractivity contribution < 1.29 is 4.79 Å². The molecule has 0 aromatic rings. The van der Waals surface area contributed by atoms with Crippen molar-refractivity contribution in [3.63, 3.8) is 0 Å². The Kier molecular flexibility index (Phi) is 1.22. The van der Waals surface area contributed by atoms with Crippen LogP contribution in [-0.2, 0) is 4.79 Å². The molecule has 0 aromatic heterocycles. The molecule has 1 amide bonds. The number of rotatable bonds is 0. The Balaban J connectivity index is 2.17. The maximum absolute atomic E-state index is 11.3. The minimum atomic E-state index is 0.310. The van der Waals surface area contributed by atoms with Crippen LogP contribution in [0.25, 0.3) is 0 Å². The van der Waals surface area contributed by atoms with Gasteiger partial charge in [-0.25, -0.2) is 0 Å².